The lowest BCUT2D eigenvalue weighted by atomic mass is 10.1. The number of imidazole rings is 6. The summed E-state index contributed by atoms with van der Waals surface area (Å²) in [6.07, 6.45) is 0. The highest BCUT2D eigenvalue weighted by molar-refractivity contribution is 6.12. The molecule has 29 aromatic rings. The third-order valence-electron chi connectivity index (χ3n) is 25.5. The molecule has 0 spiro atoms. The monoisotopic (exact) mass is 1710 g/mol. The lowest BCUT2D eigenvalue weighted by Gasteiger charge is -2.08. The third-order valence-corrected chi connectivity index (χ3v) is 25.5. The molecule has 0 atom stereocenters. The summed E-state index contributed by atoms with van der Waals surface area (Å²) in [7, 11) is 4.17. The van der Waals surface area contributed by atoms with Crippen LogP contribution in [0.2, 0.25) is 0 Å². The van der Waals surface area contributed by atoms with Gasteiger partial charge in [-0.2, -0.15) is 0 Å². The highest BCUT2D eigenvalue weighted by Crippen LogP contribution is 2.39. The summed E-state index contributed by atoms with van der Waals surface area (Å²) in [6.45, 7) is 10.5. The van der Waals surface area contributed by atoms with Gasteiger partial charge in [0.05, 0.1) is 82.9 Å². The number of hydrogen-bond acceptors (Lipinski definition) is 6. The van der Waals surface area contributed by atoms with Crippen LogP contribution in [-0.4, -0.2) is 51.0 Å². The van der Waals surface area contributed by atoms with Gasteiger partial charge in [-0.15, -0.1) is 0 Å². The van der Waals surface area contributed by atoms with Gasteiger partial charge in [-0.1, -0.05) is 248 Å². The van der Waals surface area contributed by atoms with Crippen LogP contribution in [0.25, 0.3) is 210 Å². The van der Waals surface area contributed by atoms with Gasteiger partial charge in [0.25, 0.3) is 0 Å². The van der Waals surface area contributed by atoms with E-state index in [1.807, 2.05) is 60.7 Å². The van der Waals surface area contributed by atoms with Crippen molar-refractivity contribution in [3.8, 4) is 17.1 Å². The van der Waals surface area contributed by atoms with Crippen LogP contribution in [-0.2, 0) is 14.1 Å². The molecule has 11 aromatic heterocycles. The van der Waals surface area contributed by atoms with Crippen molar-refractivity contribution in [3.05, 3.63) is 440 Å². The zero-order chi connectivity index (χ0) is 88.8. The summed E-state index contributed by atoms with van der Waals surface area (Å²) >= 11 is 0. The molecule has 0 aliphatic carbocycles. The van der Waals surface area contributed by atoms with Gasteiger partial charge in [0.2, 0.25) is 17.3 Å². The van der Waals surface area contributed by atoms with Crippen LogP contribution in [0.4, 0.5) is 0 Å². The third kappa shape index (κ3) is 13.8. The Kier molecular flexibility index (Phi) is 19.8. The predicted molar refractivity (Wildman–Crippen MR) is 548 cm³/mol. The zero-order valence-corrected chi connectivity index (χ0v) is 73.9. The van der Waals surface area contributed by atoms with Gasteiger partial charge in [0.15, 0.2) is 0 Å². The van der Waals surface area contributed by atoms with Crippen LogP contribution in [0.15, 0.2) is 426 Å². The Hall–Kier alpha value is -17.2. The first-order chi connectivity index (χ1) is 64.9. The van der Waals surface area contributed by atoms with Gasteiger partial charge in [0.1, 0.15) is 33.5 Å². The number of hydrogen-bond donors (Lipinski definition) is 0. The molecule has 0 unspecified atom stereocenters. The molecule has 0 saturated heterocycles. The lowest BCUT2D eigenvalue weighted by Crippen LogP contribution is -1.95. The van der Waals surface area contributed by atoms with Gasteiger partial charge in [-0.25, -0.2) is 15.0 Å². The maximum atomic E-state index is 6.07. The SMILES string of the molecule is Cc1ccc2oc3ccc(-n4c5ccccc5n5c6ccccc6nc45)cc3c2c1.Cc1ccc2oc3ccccc3c2c1.Cc1cccc(-n2c3ccccc3c3ccccc32)c1.Cc1cccc(-n2c3ccccc3n3c4ccccc4nc23)c1.Cc1cccc2c1oc1ccccc12.Cn1c2ccccc2c2ccccc21.Cn1c2ccccc2n2c3ccccc3nc12. The van der Waals surface area contributed by atoms with Gasteiger partial charge in [-0.05, 0) is 227 Å². The summed E-state index contributed by atoms with van der Waals surface area (Å²) in [4.78, 5) is 14.5. The second kappa shape index (κ2) is 32.9. The van der Waals surface area contributed by atoms with Crippen LogP contribution in [0.3, 0.4) is 0 Å². The lowest BCUT2D eigenvalue weighted by molar-refractivity contribution is 0.665. The van der Waals surface area contributed by atoms with Crippen molar-refractivity contribution >= 4 is 193 Å². The van der Waals surface area contributed by atoms with Crippen molar-refractivity contribution in [1.29, 1.82) is 0 Å². The van der Waals surface area contributed by atoms with Crippen molar-refractivity contribution in [3.63, 3.8) is 0 Å². The van der Waals surface area contributed by atoms with E-state index in [0.717, 1.165) is 112 Å². The second-order valence-corrected chi connectivity index (χ2v) is 34.0. The molecule has 132 heavy (non-hydrogen) atoms. The fourth-order valence-corrected chi connectivity index (χ4v) is 19.3. The summed E-state index contributed by atoms with van der Waals surface area (Å²) < 4.78 is 35.5. The van der Waals surface area contributed by atoms with Crippen molar-refractivity contribution in [2.45, 2.75) is 34.6 Å². The van der Waals surface area contributed by atoms with Gasteiger partial charge in [-0.3, -0.25) is 22.3 Å². The van der Waals surface area contributed by atoms with Crippen LogP contribution in [0, 0.1) is 34.6 Å². The molecule has 0 amide bonds. The molecule has 0 aliphatic rings. The van der Waals surface area contributed by atoms with E-state index in [2.05, 4.69) is 442 Å². The van der Waals surface area contributed by atoms with Gasteiger partial charge < -0.3 is 27.0 Å². The Bertz CT molecular complexity index is 9390. The quantitative estimate of drug-likeness (QED) is 0.174. The fraction of sp³-hybridized carbons (Fsp3) is 0.0593. The minimum atomic E-state index is 0.903. The molecule has 634 valence electrons. The molecule has 14 heteroatoms. The number of furan rings is 3. The van der Waals surface area contributed by atoms with Crippen molar-refractivity contribution in [1.82, 2.24) is 51.0 Å². The maximum absolute atomic E-state index is 6.07. The highest BCUT2D eigenvalue weighted by Gasteiger charge is 2.22. The number of para-hydroxylation sites is 19. The molecule has 0 saturated carbocycles. The molecular formula is C118H89N11O3. The first kappa shape index (κ1) is 79.4. The van der Waals surface area contributed by atoms with E-state index in [1.54, 1.807) is 0 Å². The molecule has 18 aromatic carbocycles. The van der Waals surface area contributed by atoms with Crippen LogP contribution >= 0.6 is 0 Å². The zero-order valence-electron chi connectivity index (χ0n) is 73.9. The Balaban J connectivity index is 0.0000000890. The van der Waals surface area contributed by atoms with E-state index in [9.17, 15) is 0 Å². The van der Waals surface area contributed by atoms with Gasteiger partial charge >= 0.3 is 0 Å². The highest BCUT2D eigenvalue weighted by atomic mass is 16.3. The number of aromatic nitrogens is 11. The van der Waals surface area contributed by atoms with E-state index in [0.29, 0.717) is 0 Å². The molecular weight excluding hydrogens is 1620 g/mol. The van der Waals surface area contributed by atoms with E-state index in [1.165, 1.54) is 126 Å². The fourth-order valence-electron chi connectivity index (χ4n) is 19.3. The number of nitrogens with zero attached hydrogens (tertiary/aromatic N) is 11. The standard InChI is InChI=1S/C26H17N3O.C20H15N3.C19H15N.C14H11N3.C13H11N.2C13H10O/c1-16-10-12-24-18(14-16)19-15-17(11-13-25(19)30-24)28-22-8-4-5-9-23(22)29-21-7-3-2-6-20(21)27-26(28)29;1-14-7-6-8-15(13-14)22-18-11-4-5-12-19(18)23-17-10-3-2-9-16(17)21-20(22)23;1-14-7-6-8-15(13-14)20-18-11-4-2-9-16(18)17-10-3-5-12-19(17)20;1-16-12-8-4-5-9-13(12)17-11-7-3-2-6-10(11)15-14(16)17;1-14-12-8-4-2-6-10(12)11-7-3-5-9-13(11)14;1-9-5-4-7-11-10-6-2-3-8-12(10)14-13(9)11;1-9-6-7-13-11(8-9)10-4-2-3-5-12(10)14-13/h2-15H,1H3;2-13H,1H3;2-13H,1H3;2-9H,1H3;2-9H,1H3;2*2-8H,1H3. The Morgan fingerprint density at radius 1 is 0.189 bits per heavy atom. The number of aryl methyl sites for hydroxylation is 7. The predicted octanol–water partition coefficient (Wildman–Crippen LogP) is 30.6. The number of benzene rings is 18. The first-order valence-electron chi connectivity index (χ1n) is 44.7. The summed E-state index contributed by atoms with van der Waals surface area (Å²) in [5.41, 5.74) is 34.1. The molecule has 11 heterocycles. The van der Waals surface area contributed by atoms with E-state index in [4.69, 9.17) is 23.2 Å². The Morgan fingerprint density at radius 3 is 0.985 bits per heavy atom. The maximum Gasteiger partial charge on any atom is 0.220 e. The number of fused-ring (bicyclic) bond motifs is 30. The molecule has 29 rings (SSSR count). The van der Waals surface area contributed by atoms with Gasteiger partial charge in [0, 0.05) is 90.4 Å². The normalized spacial score (nSPS) is 11.6. The molecule has 0 radical (unpaired) electrons. The number of rotatable bonds is 3. The van der Waals surface area contributed by atoms with Crippen molar-refractivity contribution in [2.75, 3.05) is 0 Å². The molecule has 14 nitrogen and oxygen atoms in total. The van der Waals surface area contributed by atoms with E-state index < -0.39 is 0 Å². The molecule has 0 N–H and O–H groups in total. The van der Waals surface area contributed by atoms with Crippen LogP contribution < -0.4 is 0 Å². The molecule has 0 bridgehead atoms. The van der Waals surface area contributed by atoms with E-state index in [-0.39, 0.29) is 0 Å². The molecule has 0 fully saturated rings. The van der Waals surface area contributed by atoms with Crippen LogP contribution in [0.1, 0.15) is 27.8 Å². The average molecular weight is 1710 g/mol. The van der Waals surface area contributed by atoms with E-state index >= 15 is 0 Å². The summed E-state index contributed by atoms with van der Waals surface area (Å²) in [5.74, 6) is 2.87. The van der Waals surface area contributed by atoms with Crippen molar-refractivity contribution in [2.24, 2.45) is 14.1 Å². The Labute approximate surface area is 758 Å². The first-order valence-corrected chi connectivity index (χ1v) is 44.7. The second-order valence-electron chi connectivity index (χ2n) is 34.0. The van der Waals surface area contributed by atoms with Crippen molar-refractivity contribution < 1.29 is 13.3 Å². The summed E-state index contributed by atoms with van der Waals surface area (Å²) in [6, 6.07) is 143. The van der Waals surface area contributed by atoms with Crippen LogP contribution in [0.5, 0.6) is 0 Å². The average Bonchev–Trinajstić information content (AvgIpc) is 1.55. The molecule has 0 aliphatic heterocycles. The largest absolute Gasteiger partial charge is 0.456 e. The summed E-state index contributed by atoms with van der Waals surface area (Å²) in [5, 5.41) is 12.4. The Morgan fingerprint density at radius 2 is 0.500 bits per heavy atom. The minimum absolute atomic E-state index is 0.903. The smallest absolute Gasteiger partial charge is 0.220 e. The minimum Gasteiger partial charge on any atom is -0.456 e. The topological polar surface area (TPSA) is 116 Å².